The number of carbonyl (C=O) groups is 1. The largest absolute Gasteiger partial charge is 0.397 e. The molecule has 3 rings (SSSR count). The van der Waals surface area contributed by atoms with Gasteiger partial charge in [0.2, 0.25) is 0 Å². The van der Waals surface area contributed by atoms with E-state index in [0.717, 1.165) is 25.1 Å². The van der Waals surface area contributed by atoms with E-state index in [4.69, 9.17) is 11.5 Å². The quantitative estimate of drug-likeness (QED) is 0.883. The van der Waals surface area contributed by atoms with Crippen molar-refractivity contribution < 1.29 is 4.79 Å². The summed E-state index contributed by atoms with van der Waals surface area (Å²) in [6, 6.07) is 8.07. The van der Waals surface area contributed by atoms with Crippen molar-refractivity contribution in [2.75, 3.05) is 17.2 Å². The molecule has 108 valence electrons. The second-order valence-electron chi connectivity index (χ2n) is 5.38. The molecule has 4 N–H and O–H groups in total. The van der Waals surface area contributed by atoms with Crippen LogP contribution in [0.25, 0.3) is 0 Å². The molecule has 2 aromatic rings. The molecular weight excluding hydrogens is 264 g/mol. The molecule has 0 unspecified atom stereocenters. The van der Waals surface area contributed by atoms with Crippen LogP contribution in [0.5, 0.6) is 0 Å². The van der Waals surface area contributed by atoms with E-state index in [0.29, 0.717) is 17.1 Å². The molecular formula is C16H18N4O. The van der Waals surface area contributed by atoms with Crippen LogP contribution < -0.4 is 16.4 Å². The van der Waals surface area contributed by atoms with Gasteiger partial charge in [0.25, 0.3) is 5.91 Å². The predicted molar refractivity (Wildman–Crippen MR) is 83.7 cm³/mol. The minimum Gasteiger partial charge on any atom is -0.397 e. The molecule has 0 bridgehead atoms. The third-order valence-electron chi connectivity index (χ3n) is 3.82. The maximum Gasteiger partial charge on any atom is 0.250 e. The summed E-state index contributed by atoms with van der Waals surface area (Å²) >= 11 is 0. The zero-order valence-electron chi connectivity index (χ0n) is 12.0. The van der Waals surface area contributed by atoms with Gasteiger partial charge < -0.3 is 16.4 Å². The highest BCUT2D eigenvalue weighted by molar-refractivity contribution is 5.98. The highest BCUT2D eigenvalue weighted by Gasteiger charge is 2.20. The summed E-state index contributed by atoms with van der Waals surface area (Å²) in [4.78, 5) is 17.9. The van der Waals surface area contributed by atoms with Crippen LogP contribution >= 0.6 is 0 Å². The SMILES string of the molecule is Cc1ccc2c(c1)CCCN2c1cc(C(N)=O)c(N)cn1. The van der Waals surface area contributed by atoms with Crippen LogP contribution in [0.1, 0.15) is 27.9 Å². The molecule has 5 nitrogen and oxygen atoms in total. The number of primary amides is 1. The van der Waals surface area contributed by atoms with Gasteiger partial charge >= 0.3 is 0 Å². The molecule has 0 atom stereocenters. The van der Waals surface area contributed by atoms with Gasteiger partial charge in [-0.1, -0.05) is 17.7 Å². The van der Waals surface area contributed by atoms with Crippen molar-refractivity contribution in [2.24, 2.45) is 5.73 Å². The normalized spacial score (nSPS) is 13.9. The molecule has 5 heteroatoms. The first-order valence-corrected chi connectivity index (χ1v) is 6.98. The van der Waals surface area contributed by atoms with Crippen molar-refractivity contribution in [1.29, 1.82) is 0 Å². The van der Waals surface area contributed by atoms with Gasteiger partial charge in [0.15, 0.2) is 0 Å². The van der Waals surface area contributed by atoms with Gasteiger partial charge in [-0.05, 0) is 37.5 Å². The molecule has 0 fully saturated rings. The van der Waals surface area contributed by atoms with Crippen LogP contribution in [-0.4, -0.2) is 17.4 Å². The molecule has 1 aromatic heterocycles. The number of hydrogen-bond acceptors (Lipinski definition) is 4. The van der Waals surface area contributed by atoms with Gasteiger partial charge in [-0.3, -0.25) is 4.79 Å². The van der Waals surface area contributed by atoms with Gasteiger partial charge in [-0.15, -0.1) is 0 Å². The van der Waals surface area contributed by atoms with Crippen molar-refractivity contribution >= 4 is 23.1 Å². The summed E-state index contributed by atoms with van der Waals surface area (Å²) in [5.74, 6) is 0.181. The van der Waals surface area contributed by atoms with E-state index < -0.39 is 5.91 Å². The minimum atomic E-state index is -0.530. The first-order chi connectivity index (χ1) is 10.1. The fraction of sp³-hybridized carbons (Fsp3) is 0.250. The molecule has 0 aliphatic carbocycles. The lowest BCUT2D eigenvalue weighted by Gasteiger charge is -2.31. The molecule has 0 radical (unpaired) electrons. The highest BCUT2D eigenvalue weighted by Crippen LogP contribution is 2.33. The number of nitrogen functional groups attached to an aromatic ring is 1. The average Bonchev–Trinajstić information content (AvgIpc) is 2.46. The average molecular weight is 282 g/mol. The Morgan fingerprint density at radius 2 is 2.14 bits per heavy atom. The number of fused-ring (bicyclic) bond motifs is 1. The van der Waals surface area contributed by atoms with E-state index in [9.17, 15) is 4.79 Å². The fourth-order valence-corrected chi connectivity index (χ4v) is 2.78. The molecule has 1 amide bonds. The highest BCUT2D eigenvalue weighted by atomic mass is 16.1. The molecule has 1 aliphatic rings. The summed E-state index contributed by atoms with van der Waals surface area (Å²) in [5, 5.41) is 0. The van der Waals surface area contributed by atoms with E-state index in [2.05, 4.69) is 35.0 Å². The summed E-state index contributed by atoms with van der Waals surface area (Å²) < 4.78 is 0. The van der Waals surface area contributed by atoms with Crippen molar-refractivity contribution in [3.63, 3.8) is 0 Å². The van der Waals surface area contributed by atoms with Gasteiger partial charge in [0.1, 0.15) is 5.82 Å². The summed E-state index contributed by atoms with van der Waals surface area (Å²) in [6.07, 6.45) is 3.61. The van der Waals surface area contributed by atoms with Crippen molar-refractivity contribution in [3.8, 4) is 0 Å². The lowest BCUT2D eigenvalue weighted by molar-refractivity contribution is 0.100. The smallest absolute Gasteiger partial charge is 0.250 e. The Balaban J connectivity index is 2.07. The summed E-state index contributed by atoms with van der Waals surface area (Å²) in [7, 11) is 0. The van der Waals surface area contributed by atoms with Crippen LogP contribution in [0.2, 0.25) is 0 Å². The number of amides is 1. The number of carbonyl (C=O) groups excluding carboxylic acids is 1. The van der Waals surface area contributed by atoms with E-state index in [1.54, 1.807) is 6.07 Å². The zero-order valence-corrected chi connectivity index (χ0v) is 12.0. The first-order valence-electron chi connectivity index (χ1n) is 6.98. The Hall–Kier alpha value is -2.56. The van der Waals surface area contributed by atoms with Crippen LogP contribution in [0.3, 0.4) is 0 Å². The minimum absolute atomic E-state index is 0.312. The number of aromatic nitrogens is 1. The van der Waals surface area contributed by atoms with Crippen LogP contribution in [0.15, 0.2) is 30.5 Å². The fourth-order valence-electron chi connectivity index (χ4n) is 2.78. The molecule has 0 spiro atoms. The number of pyridine rings is 1. The first kappa shape index (κ1) is 13.4. The lowest BCUT2D eigenvalue weighted by atomic mass is 9.99. The summed E-state index contributed by atoms with van der Waals surface area (Å²) in [6.45, 7) is 2.96. The molecule has 21 heavy (non-hydrogen) atoms. The standard InChI is InChI=1S/C16H18N4O/c1-10-4-5-14-11(7-10)3-2-6-20(14)15-8-12(16(18)21)13(17)9-19-15/h4-5,7-9H,2-3,6,17H2,1H3,(H2,18,21). The van der Waals surface area contributed by atoms with Crippen molar-refractivity contribution in [1.82, 2.24) is 4.98 Å². The second kappa shape index (κ2) is 5.09. The Bertz CT molecular complexity index is 711. The topological polar surface area (TPSA) is 85.2 Å². The van der Waals surface area contributed by atoms with Crippen molar-refractivity contribution in [2.45, 2.75) is 19.8 Å². The van der Waals surface area contributed by atoms with Gasteiger partial charge in [0, 0.05) is 12.2 Å². The monoisotopic (exact) mass is 282 g/mol. The maximum atomic E-state index is 11.4. The van der Waals surface area contributed by atoms with Gasteiger partial charge in [0.05, 0.1) is 17.4 Å². The van der Waals surface area contributed by atoms with E-state index in [1.807, 2.05) is 0 Å². The second-order valence-corrected chi connectivity index (χ2v) is 5.38. The number of rotatable bonds is 2. The van der Waals surface area contributed by atoms with Gasteiger partial charge in [-0.2, -0.15) is 0 Å². The Morgan fingerprint density at radius 3 is 2.90 bits per heavy atom. The molecule has 1 aliphatic heterocycles. The maximum absolute atomic E-state index is 11.4. The Morgan fingerprint density at radius 1 is 1.33 bits per heavy atom. The number of nitrogens with two attached hydrogens (primary N) is 2. The van der Waals surface area contributed by atoms with Crippen LogP contribution in [0, 0.1) is 6.92 Å². The van der Waals surface area contributed by atoms with Crippen LogP contribution in [-0.2, 0) is 6.42 Å². The van der Waals surface area contributed by atoms with E-state index in [1.165, 1.54) is 17.3 Å². The predicted octanol–water partition coefficient (Wildman–Crippen LogP) is 2.16. The molecule has 0 saturated carbocycles. The number of nitrogens with zero attached hydrogens (tertiary/aromatic N) is 2. The van der Waals surface area contributed by atoms with Crippen LogP contribution in [0.4, 0.5) is 17.2 Å². The Kier molecular flexibility index (Phi) is 3.25. The molecule has 0 saturated heterocycles. The number of anilines is 3. The lowest BCUT2D eigenvalue weighted by Crippen LogP contribution is -2.26. The zero-order chi connectivity index (χ0) is 15.0. The third-order valence-corrected chi connectivity index (χ3v) is 3.82. The summed E-state index contributed by atoms with van der Waals surface area (Å²) in [5.41, 5.74) is 15.4. The molecule has 1 aromatic carbocycles. The Labute approximate surface area is 123 Å². The number of aryl methyl sites for hydroxylation is 2. The number of hydrogen-bond donors (Lipinski definition) is 2. The number of benzene rings is 1. The van der Waals surface area contributed by atoms with E-state index in [-0.39, 0.29) is 0 Å². The molecule has 2 heterocycles. The van der Waals surface area contributed by atoms with Crippen molar-refractivity contribution in [3.05, 3.63) is 47.2 Å². The third kappa shape index (κ3) is 2.42. The van der Waals surface area contributed by atoms with E-state index >= 15 is 0 Å². The van der Waals surface area contributed by atoms with Gasteiger partial charge in [-0.25, -0.2) is 4.98 Å².